The van der Waals surface area contributed by atoms with Crippen molar-refractivity contribution in [2.45, 2.75) is 32.2 Å². The fraction of sp³-hybridized carbons (Fsp3) is 0.269. The van der Waals surface area contributed by atoms with E-state index in [2.05, 4.69) is 27.6 Å². The zero-order chi connectivity index (χ0) is 26.7. The Labute approximate surface area is 225 Å². The number of aromatic nitrogens is 2. The zero-order valence-electron chi connectivity index (χ0n) is 20.0. The fourth-order valence-corrected chi connectivity index (χ4v) is 4.67. The van der Waals surface area contributed by atoms with Crippen LogP contribution in [-0.2, 0) is 20.9 Å². The minimum atomic E-state index is -5.17. The maximum Gasteiger partial charge on any atom is 0.490 e. The summed E-state index contributed by atoms with van der Waals surface area (Å²) in [6.45, 7) is 2.26. The highest BCUT2D eigenvalue weighted by molar-refractivity contribution is 14.1. The van der Waals surface area contributed by atoms with Gasteiger partial charge < -0.3 is 18.9 Å². The maximum absolute atomic E-state index is 13.4. The number of aryl methyl sites for hydroxylation is 1. The second-order valence-corrected chi connectivity index (χ2v) is 9.74. The van der Waals surface area contributed by atoms with E-state index in [4.69, 9.17) is 9.47 Å². The molecule has 0 N–H and O–H groups in total. The average Bonchev–Trinajstić information content (AvgIpc) is 3.28. The molecule has 0 radical (unpaired) electrons. The fourth-order valence-electron chi connectivity index (χ4n) is 4.06. The molecular weight excluding hydrogens is 602 g/mol. The molecule has 194 valence electrons. The normalized spacial score (nSPS) is 17.2. The van der Waals surface area contributed by atoms with Crippen LogP contribution in [-0.4, -0.2) is 52.3 Å². The first-order valence-electron chi connectivity index (χ1n) is 11.3. The summed E-state index contributed by atoms with van der Waals surface area (Å²) in [5, 5.41) is 0. The predicted molar refractivity (Wildman–Crippen MR) is 138 cm³/mol. The standard InChI is InChI=1S/C26H23F3IN3O4/c1-16-13-33(15-31-16)21-7-6-17(12-23(21)36-2)11-20-22(37-25(35)26(27,28)29)8-9-32(24(20)34)14-18-4-3-5-19(30)10-18/h3-7,10-13,15,22H,8-9,14H2,1-2H3/b20-11+. The number of ether oxygens (including phenoxy) is 2. The van der Waals surface area contributed by atoms with Gasteiger partial charge in [-0.2, -0.15) is 13.2 Å². The molecule has 0 bridgehead atoms. The van der Waals surface area contributed by atoms with Gasteiger partial charge in [-0.25, -0.2) is 9.78 Å². The lowest BCUT2D eigenvalue weighted by molar-refractivity contribution is -0.204. The minimum Gasteiger partial charge on any atom is -0.495 e. The summed E-state index contributed by atoms with van der Waals surface area (Å²) in [6.07, 6.45) is -1.58. The molecule has 2 aromatic carbocycles. The van der Waals surface area contributed by atoms with E-state index in [9.17, 15) is 22.8 Å². The molecule has 1 unspecified atom stereocenters. The molecule has 1 amide bonds. The van der Waals surface area contributed by atoms with Crippen LogP contribution in [0.25, 0.3) is 11.8 Å². The third kappa shape index (κ3) is 6.32. The summed E-state index contributed by atoms with van der Waals surface area (Å²) in [4.78, 5) is 30.8. The van der Waals surface area contributed by atoms with Crippen molar-refractivity contribution in [3.05, 3.63) is 81.0 Å². The molecule has 7 nitrogen and oxygen atoms in total. The summed E-state index contributed by atoms with van der Waals surface area (Å²) < 4.78 is 51.9. The molecular formula is C26H23F3IN3O4. The number of carbonyl (C=O) groups excluding carboxylic acids is 2. The van der Waals surface area contributed by atoms with E-state index in [1.165, 1.54) is 18.1 Å². The summed E-state index contributed by atoms with van der Waals surface area (Å²) >= 11 is 2.17. The Morgan fingerprint density at radius 2 is 2.03 bits per heavy atom. The van der Waals surface area contributed by atoms with Crippen LogP contribution in [0.5, 0.6) is 5.75 Å². The van der Waals surface area contributed by atoms with Crippen LogP contribution in [0.15, 0.2) is 60.6 Å². The molecule has 1 saturated heterocycles. The molecule has 0 saturated carbocycles. The van der Waals surface area contributed by atoms with Gasteiger partial charge in [-0.1, -0.05) is 18.2 Å². The summed E-state index contributed by atoms with van der Waals surface area (Å²) in [7, 11) is 1.49. The largest absolute Gasteiger partial charge is 0.495 e. The van der Waals surface area contributed by atoms with E-state index >= 15 is 0 Å². The molecule has 1 aromatic heterocycles. The van der Waals surface area contributed by atoms with Crippen molar-refractivity contribution in [1.82, 2.24) is 14.5 Å². The van der Waals surface area contributed by atoms with Crippen LogP contribution in [0.1, 0.15) is 23.2 Å². The van der Waals surface area contributed by atoms with Crippen molar-refractivity contribution in [3.8, 4) is 11.4 Å². The van der Waals surface area contributed by atoms with E-state index in [1.54, 1.807) is 29.1 Å². The molecule has 37 heavy (non-hydrogen) atoms. The summed E-state index contributed by atoms with van der Waals surface area (Å²) in [6, 6.07) is 12.7. The van der Waals surface area contributed by atoms with Crippen molar-refractivity contribution < 1.29 is 32.2 Å². The van der Waals surface area contributed by atoms with Gasteiger partial charge >= 0.3 is 12.1 Å². The van der Waals surface area contributed by atoms with Crippen molar-refractivity contribution in [1.29, 1.82) is 0 Å². The number of alkyl halides is 3. The number of piperidine rings is 1. The van der Waals surface area contributed by atoms with Crippen LogP contribution < -0.4 is 4.74 Å². The number of amides is 1. The lowest BCUT2D eigenvalue weighted by Gasteiger charge is -2.33. The minimum absolute atomic E-state index is 0.0346. The number of halogens is 4. The zero-order valence-corrected chi connectivity index (χ0v) is 22.1. The van der Waals surface area contributed by atoms with Crippen LogP contribution in [0, 0.1) is 10.5 Å². The number of nitrogens with zero attached hydrogens (tertiary/aromatic N) is 3. The predicted octanol–water partition coefficient (Wildman–Crippen LogP) is 5.08. The van der Waals surface area contributed by atoms with Crippen molar-refractivity contribution in [2.75, 3.05) is 13.7 Å². The highest BCUT2D eigenvalue weighted by Crippen LogP contribution is 2.30. The van der Waals surface area contributed by atoms with Crippen LogP contribution in [0.4, 0.5) is 13.2 Å². The molecule has 0 spiro atoms. The number of rotatable bonds is 6. The van der Waals surface area contributed by atoms with Gasteiger partial charge in [0, 0.05) is 29.3 Å². The Balaban J connectivity index is 1.68. The average molecular weight is 625 g/mol. The molecule has 4 rings (SSSR count). The van der Waals surface area contributed by atoms with Gasteiger partial charge in [-0.05, 0) is 71.0 Å². The third-order valence-corrected chi connectivity index (χ3v) is 6.47. The Morgan fingerprint density at radius 3 is 2.68 bits per heavy atom. The van der Waals surface area contributed by atoms with Crippen molar-refractivity contribution in [3.63, 3.8) is 0 Å². The Morgan fingerprint density at radius 1 is 1.24 bits per heavy atom. The SMILES string of the molecule is COc1cc(/C=C2/C(=O)N(Cc3cccc(I)c3)CCC2OC(=O)C(F)(F)F)ccc1-n1cnc(C)c1. The molecule has 2 heterocycles. The van der Waals surface area contributed by atoms with E-state index < -0.39 is 24.2 Å². The lowest BCUT2D eigenvalue weighted by Crippen LogP contribution is -2.45. The van der Waals surface area contributed by atoms with Gasteiger partial charge in [0.2, 0.25) is 0 Å². The highest BCUT2D eigenvalue weighted by Gasteiger charge is 2.44. The van der Waals surface area contributed by atoms with E-state index in [1.807, 2.05) is 37.4 Å². The quantitative estimate of drug-likeness (QED) is 0.217. The van der Waals surface area contributed by atoms with E-state index in [-0.39, 0.29) is 25.1 Å². The van der Waals surface area contributed by atoms with Crippen LogP contribution in [0.3, 0.4) is 0 Å². The topological polar surface area (TPSA) is 73.7 Å². The number of benzene rings is 2. The third-order valence-electron chi connectivity index (χ3n) is 5.80. The first kappa shape index (κ1) is 26.7. The molecule has 1 aliphatic heterocycles. The number of carbonyl (C=O) groups is 2. The maximum atomic E-state index is 13.4. The smallest absolute Gasteiger partial charge is 0.490 e. The van der Waals surface area contributed by atoms with Crippen LogP contribution in [0.2, 0.25) is 0 Å². The molecule has 1 atom stereocenters. The molecule has 0 aliphatic carbocycles. The van der Waals surface area contributed by atoms with Gasteiger partial charge in [0.25, 0.3) is 5.91 Å². The first-order chi connectivity index (χ1) is 17.5. The van der Waals surface area contributed by atoms with E-state index in [0.29, 0.717) is 17.0 Å². The van der Waals surface area contributed by atoms with Gasteiger partial charge in [-0.15, -0.1) is 0 Å². The molecule has 1 aliphatic rings. The number of hydrogen-bond acceptors (Lipinski definition) is 5. The monoisotopic (exact) mass is 625 g/mol. The van der Waals surface area contributed by atoms with Gasteiger partial charge in [0.15, 0.2) is 0 Å². The first-order valence-corrected chi connectivity index (χ1v) is 12.3. The van der Waals surface area contributed by atoms with Crippen molar-refractivity contribution in [2.24, 2.45) is 0 Å². The molecule has 11 heteroatoms. The van der Waals surface area contributed by atoms with Gasteiger partial charge in [0.05, 0.1) is 30.4 Å². The number of imidazole rings is 1. The summed E-state index contributed by atoms with van der Waals surface area (Å²) in [5.41, 5.74) is 2.85. The van der Waals surface area contributed by atoms with Crippen LogP contribution >= 0.6 is 22.6 Å². The number of esters is 1. The molecule has 1 fully saturated rings. The second kappa shape index (κ2) is 11.0. The highest BCUT2D eigenvalue weighted by atomic mass is 127. The Kier molecular flexibility index (Phi) is 7.90. The number of methoxy groups -OCH3 is 1. The second-order valence-electron chi connectivity index (χ2n) is 8.49. The lowest BCUT2D eigenvalue weighted by atomic mass is 9.96. The number of hydrogen-bond donors (Lipinski definition) is 0. The van der Waals surface area contributed by atoms with Crippen molar-refractivity contribution >= 4 is 40.5 Å². The van der Waals surface area contributed by atoms with Gasteiger partial charge in [-0.3, -0.25) is 4.79 Å². The van der Waals surface area contributed by atoms with E-state index in [0.717, 1.165) is 14.8 Å². The number of likely N-dealkylation sites (tertiary alicyclic amines) is 1. The van der Waals surface area contributed by atoms with Gasteiger partial charge in [0.1, 0.15) is 11.9 Å². The summed E-state index contributed by atoms with van der Waals surface area (Å²) in [5.74, 6) is -2.36. The molecule has 3 aromatic rings. The Hall–Kier alpha value is -3.35. The Bertz CT molecular complexity index is 1350.